The molecule has 2 aromatic heterocycles. The van der Waals surface area contributed by atoms with Crippen LogP contribution in [0.5, 0.6) is 0 Å². The van der Waals surface area contributed by atoms with Gasteiger partial charge >= 0.3 is 0 Å². The summed E-state index contributed by atoms with van der Waals surface area (Å²) < 4.78 is 2.16. The van der Waals surface area contributed by atoms with Crippen LogP contribution in [0.1, 0.15) is 30.0 Å². The van der Waals surface area contributed by atoms with E-state index in [1.807, 2.05) is 31.3 Å². The highest BCUT2D eigenvalue weighted by Crippen LogP contribution is 2.40. The highest BCUT2D eigenvalue weighted by molar-refractivity contribution is 7.99. The zero-order chi connectivity index (χ0) is 19.5. The predicted octanol–water partition coefficient (Wildman–Crippen LogP) is 3.73. The van der Waals surface area contributed by atoms with Crippen LogP contribution >= 0.6 is 11.8 Å². The van der Waals surface area contributed by atoms with Crippen molar-refractivity contribution in [3.63, 3.8) is 0 Å². The lowest BCUT2D eigenvalue weighted by atomic mass is 10.1. The molecule has 2 heterocycles. The van der Waals surface area contributed by atoms with Gasteiger partial charge in [-0.05, 0) is 43.0 Å². The third kappa shape index (κ3) is 4.09. The van der Waals surface area contributed by atoms with E-state index >= 15 is 0 Å². The molecule has 1 aliphatic rings. The van der Waals surface area contributed by atoms with Gasteiger partial charge in [0.1, 0.15) is 0 Å². The molecule has 0 atom stereocenters. The number of benzene rings is 1. The van der Waals surface area contributed by atoms with Crippen molar-refractivity contribution in [3.8, 4) is 11.4 Å². The number of hydrogen-bond donors (Lipinski definition) is 0. The summed E-state index contributed by atoms with van der Waals surface area (Å²) in [4.78, 5) is 18.6. The molecule has 7 heteroatoms. The number of carbonyl (C=O) groups is 1. The Morgan fingerprint density at radius 3 is 2.75 bits per heavy atom. The molecule has 1 fully saturated rings. The van der Waals surface area contributed by atoms with E-state index in [1.165, 1.54) is 22.9 Å². The number of pyridine rings is 1. The van der Waals surface area contributed by atoms with Crippen molar-refractivity contribution in [1.29, 1.82) is 0 Å². The summed E-state index contributed by atoms with van der Waals surface area (Å²) in [7, 11) is 1.85. The molecule has 0 radical (unpaired) electrons. The van der Waals surface area contributed by atoms with E-state index in [9.17, 15) is 4.79 Å². The van der Waals surface area contributed by atoms with Crippen LogP contribution in [0.4, 0.5) is 0 Å². The molecular formula is C21H23N5OS. The van der Waals surface area contributed by atoms with Crippen LogP contribution in [0.2, 0.25) is 0 Å². The Labute approximate surface area is 169 Å². The monoisotopic (exact) mass is 393 g/mol. The van der Waals surface area contributed by atoms with Crippen LogP contribution in [-0.2, 0) is 11.3 Å². The van der Waals surface area contributed by atoms with Crippen molar-refractivity contribution in [2.45, 2.75) is 37.5 Å². The lowest BCUT2D eigenvalue weighted by Crippen LogP contribution is -2.28. The second-order valence-corrected chi connectivity index (χ2v) is 8.06. The summed E-state index contributed by atoms with van der Waals surface area (Å²) in [6.07, 6.45) is 5.80. The van der Waals surface area contributed by atoms with E-state index in [0.717, 1.165) is 29.4 Å². The first-order valence-electron chi connectivity index (χ1n) is 9.40. The van der Waals surface area contributed by atoms with Crippen molar-refractivity contribution >= 4 is 17.7 Å². The Bertz CT molecular complexity index is 968. The van der Waals surface area contributed by atoms with Gasteiger partial charge in [0.05, 0.1) is 5.75 Å². The van der Waals surface area contributed by atoms with Crippen molar-refractivity contribution in [3.05, 3.63) is 59.9 Å². The van der Waals surface area contributed by atoms with Gasteiger partial charge in [-0.15, -0.1) is 10.2 Å². The number of carbonyl (C=O) groups excluding carboxylic acids is 1. The van der Waals surface area contributed by atoms with E-state index in [1.54, 1.807) is 17.3 Å². The molecule has 1 aliphatic carbocycles. The van der Waals surface area contributed by atoms with Crippen molar-refractivity contribution in [2.75, 3.05) is 12.8 Å². The summed E-state index contributed by atoms with van der Waals surface area (Å²) in [5.74, 6) is 1.26. The standard InChI is InChI=1S/C21H23N5OS/c1-15-6-3-4-7-17(15)13-25(2)19(27)14-28-21-24-23-20(26(21)18-9-10-18)16-8-5-11-22-12-16/h3-8,11-12,18H,9-10,13-14H2,1-2H3. The third-order valence-electron chi connectivity index (χ3n) is 4.92. The summed E-state index contributed by atoms with van der Waals surface area (Å²) >= 11 is 1.46. The van der Waals surface area contributed by atoms with E-state index in [-0.39, 0.29) is 5.91 Å². The first-order valence-corrected chi connectivity index (χ1v) is 10.4. The van der Waals surface area contributed by atoms with Gasteiger partial charge in [-0.1, -0.05) is 36.0 Å². The fourth-order valence-corrected chi connectivity index (χ4v) is 4.04. The maximum absolute atomic E-state index is 12.6. The lowest BCUT2D eigenvalue weighted by molar-refractivity contribution is -0.127. The van der Waals surface area contributed by atoms with Gasteiger partial charge in [0.2, 0.25) is 5.91 Å². The van der Waals surface area contributed by atoms with Crippen LogP contribution in [-0.4, -0.2) is 43.4 Å². The molecule has 144 valence electrons. The first kappa shape index (κ1) is 18.7. The fourth-order valence-electron chi connectivity index (χ4n) is 3.10. The second kappa shape index (κ2) is 8.14. The summed E-state index contributed by atoms with van der Waals surface area (Å²) in [6, 6.07) is 12.5. The Kier molecular flexibility index (Phi) is 5.43. The van der Waals surface area contributed by atoms with E-state index in [4.69, 9.17) is 0 Å². The molecule has 0 saturated heterocycles. The number of nitrogens with zero attached hydrogens (tertiary/aromatic N) is 5. The molecule has 0 unspecified atom stereocenters. The Morgan fingerprint density at radius 2 is 2.04 bits per heavy atom. The third-order valence-corrected chi connectivity index (χ3v) is 5.84. The Morgan fingerprint density at radius 1 is 1.21 bits per heavy atom. The van der Waals surface area contributed by atoms with Crippen LogP contribution < -0.4 is 0 Å². The number of amides is 1. The smallest absolute Gasteiger partial charge is 0.233 e. The number of thioether (sulfide) groups is 1. The van der Waals surface area contributed by atoms with E-state index in [0.29, 0.717) is 18.3 Å². The molecule has 1 amide bonds. The fraction of sp³-hybridized carbons (Fsp3) is 0.333. The average molecular weight is 394 g/mol. The molecule has 6 nitrogen and oxygen atoms in total. The molecule has 0 bridgehead atoms. The molecule has 0 aliphatic heterocycles. The van der Waals surface area contributed by atoms with Crippen LogP contribution in [0, 0.1) is 6.92 Å². The summed E-state index contributed by atoms with van der Waals surface area (Å²) in [6.45, 7) is 2.68. The normalized spacial score (nSPS) is 13.5. The van der Waals surface area contributed by atoms with Gasteiger partial charge in [-0.25, -0.2) is 0 Å². The summed E-state index contributed by atoms with van der Waals surface area (Å²) in [5.41, 5.74) is 3.32. The molecule has 0 N–H and O–H groups in total. The minimum absolute atomic E-state index is 0.0847. The zero-order valence-corrected chi connectivity index (χ0v) is 16.9. The minimum atomic E-state index is 0.0847. The summed E-state index contributed by atoms with van der Waals surface area (Å²) in [5, 5.41) is 9.54. The average Bonchev–Trinajstić information content (AvgIpc) is 3.47. The van der Waals surface area contributed by atoms with Gasteiger partial charge in [0.15, 0.2) is 11.0 Å². The number of aromatic nitrogens is 4. The van der Waals surface area contributed by atoms with E-state index in [2.05, 4.69) is 38.8 Å². The molecule has 1 aromatic carbocycles. The molecular weight excluding hydrogens is 370 g/mol. The molecule has 0 spiro atoms. The molecule has 3 aromatic rings. The topological polar surface area (TPSA) is 63.9 Å². The van der Waals surface area contributed by atoms with Crippen molar-refractivity contribution in [1.82, 2.24) is 24.6 Å². The van der Waals surface area contributed by atoms with Crippen LogP contribution in [0.25, 0.3) is 11.4 Å². The lowest BCUT2D eigenvalue weighted by Gasteiger charge is -2.18. The van der Waals surface area contributed by atoms with Gasteiger partial charge in [0.25, 0.3) is 0 Å². The maximum atomic E-state index is 12.6. The predicted molar refractivity (Wildman–Crippen MR) is 110 cm³/mol. The number of hydrogen-bond acceptors (Lipinski definition) is 5. The van der Waals surface area contributed by atoms with Crippen molar-refractivity contribution < 1.29 is 4.79 Å². The van der Waals surface area contributed by atoms with Crippen LogP contribution in [0.3, 0.4) is 0 Å². The SMILES string of the molecule is Cc1ccccc1CN(C)C(=O)CSc1nnc(-c2cccnc2)n1C1CC1. The molecule has 1 saturated carbocycles. The van der Waals surface area contributed by atoms with Gasteiger partial charge < -0.3 is 4.90 Å². The Hall–Kier alpha value is -2.67. The van der Waals surface area contributed by atoms with Crippen molar-refractivity contribution in [2.24, 2.45) is 0 Å². The first-order chi connectivity index (χ1) is 13.6. The maximum Gasteiger partial charge on any atom is 0.233 e. The van der Waals surface area contributed by atoms with E-state index < -0.39 is 0 Å². The number of aryl methyl sites for hydroxylation is 1. The molecule has 28 heavy (non-hydrogen) atoms. The zero-order valence-electron chi connectivity index (χ0n) is 16.1. The quantitative estimate of drug-likeness (QED) is 0.572. The van der Waals surface area contributed by atoms with Gasteiger partial charge in [-0.2, -0.15) is 0 Å². The van der Waals surface area contributed by atoms with Crippen LogP contribution in [0.15, 0.2) is 53.9 Å². The second-order valence-electron chi connectivity index (χ2n) is 7.11. The minimum Gasteiger partial charge on any atom is -0.341 e. The number of rotatable bonds is 7. The Balaban J connectivity index is 1.44. The van der Waals surface area contributed by atoms with Gasteiger partial charge in [0, 0.05) is 37.6 Å². The molecule has 4 rings (SSSR count). The largest absolute Gasteiger partial charge is 0.341 e. The highest BCUT2D eigenvalue weighted by Gasteiger charge is 2.30. The van der Waals surface area contributed by atoms with Gasteiger partial charge in [-0.3, -0.25) is 14.3 Å². The highest BCUT2D eigenvalue weighted by atomic mass is 32.2.